The molecule has 0 saturated carbocycles. The largest absolute Gasteiger partial charge is 0.358 e. The predicted molar refractivity (Wildman–Crippen MR) is 38.2 cm³/mol. The van der Waals surface area contributed by atoms with E-state index in [0.29, 0.717) is 12.0 Å². The first kappa shape index (κ1) is 5.08. The van der Waals surface area contributed by atoms with Crippen LogP contribution in [0.2, 0.25) is 0 Å². The SMILES string of the molecule is C1=CC23C=NCC2CC1O3. The summed E-state index contributed by atoms with van der Waals surface area (Å²) in [4.78, 5) is 4.24. The van der Waals surface area contributed by atoms with E-state index >= 15 is 0 Å². The van der Waals surface area contributed by atoms with Crippen LogP contribution in [-0.2, 0) is 4.74 Å². The molecule has 2 heteroatoms. The Bertz CT molecular complexity index is 233. The van der Waals surface area contributed by atoms with E-state index in [1.807, 2.05) is 6.21 Å². The maximum Gasteiger partial charge on any atom is 0.126 e. The van der Waals surface area contributed by atoms with Crippen LogP contribution >= 0.6 is 0 Å². The van der Waals surface area contributed by atoms with Gasteiger partial charge >= 0.3 is 0 Å². The summed E-state index contributed by atoms with van der Waals surface area (Å²) < 4.78 is 5.72. The minimum Gasteiger partial charge on any atom is -0.358 e. The first-order valence-electron chi connectivity index (χ1n) is 3.77. The number of rotatable bonds is 0. The maximum absolute atomic E-state index is 5.72. The van der Waals surface area contributed by atoms with Crippen molar-refractivity contribution in [3.8, 4) is 0 Å². The summed E-state index contributed by atoms with van der Waals surface area (Å²) in [5.41, 5.74) is -0.0509. The van der Waals surface area contributed by atoms with E-state index in [1.165, 1.54) is 6.42 Å². The Morgan fingerprint density at radius 2 is 2.60 bits per heavy atom. The molecular formula is C8H9NO. The van der Waals surface area contributed by atoms with Crippen molar-refractivity contribution >= 4 is 6.21 Å². The van der Waals surface area contributed by atoms with Crippen LogP contribution in [-0.4, -0.2) is 24.5 Å². The Morgan fingerprint density at radius 3 is 3.40 bits per heavy atom. The van der Waals surface area contributed by atoms with Gasteiger partial charge in [-0.05, 0) is 12.5 Å². The van der Waals surface area contributed by atoms with Gasteiger partial charge in [-0.1, -0.05) is 6.08 Å². The van der Waals surface area contributed by atoms with Crippen molar-refractivity contribution in [2.75, 3.05) is 6.54 Å². The average molecular weight is 135 g/mol. The van der Waals surface area contributed by atoms with Crippen LogP contribution in [0.3, 0.4) is 0 Å². The standard InChI is InChI=1S/C8H9NO/c1-2-8-5-9-4-6(8)3-7(1)10-8/h1-2,5-7H,3-4H2. The van der Waals surface area contributed by atoms with Gasteiger partial charge in [0, 0.05) is 18.7 Å². The molecule has 3 heterocycles. The van der Waals surface area contributed by atoms with Gasteiger partial charge in [0.25, 0.3) is 0 Å². The van der Waals surface area contributed by atoms with Crippen molar-refractivity contribution in [3.05, 3.63) is 12.2 Å². The van der Waals surface area contributed by atoms with Crippen LogP contribution in [0.1, 0.15) is 6.42 Å². The second kappa shape index (κ2) is 1.35. The second-order valence-corrected chi connectivity index (χ2v) is 3.30. The van der Waals surface area contributed by atoms with Gasteiger partial charge in [0.2, 0.25) is 0 Å². The van der Waals surface area contributed by atoms with E-state index in [0.717, 1.165) is 6.54 Å². The second-order valence-electron chi connectivity index (χ2n) is 3.30. The third kappa shape index (κ3) is 0.399. The zero-order valence-electron chi connectivity index (χ0n) is 5.66. The number of hydrogen-bond donors (Lipinski definition) is 0. The van der Waals surface area contributed by atoms with Gasteiger partial charge in [-0.2, -0.15) is 0 Å². The van der Waals surface area contributed by atoms with E-state index in [9.17, 15) is 0 Å². The summed E-state index contributed by atoms with van der Waals surface area (Å²) in [7, 11) is 0. The molecule has 1 saturated heterocycles. The Morgan fingerprint density at radius 1 is 1.60 bits per heavy atom. The molecule has 0 aromatic rings. The van der Waals surface area contributed by atoms with Crippen molar-refractivity contribution < 1.29 is 4.74 Å². The highest BCUT2D eigenvalue weighted by Crippen LogP contribution is 2.44. The molecule has 0 aromatic carbocycles. The summed E-state index contributed by atoms with van der Waals surface area (Å²) in [6.45, 7) is 0.973. The van der Waals surface area contributed by atoms with E-state index in [-0.39, 0.29) is 5.60 Å². The zero-order valence-corrected chi connectivity index (χ0v) is 5.66. The van der Waals surface area contributed by atoms with Gasteiger partial charge < -0.3 is 4.74 Å². The first-order chi connectivity index (χ1) is 4.89. The smallest absolute Gasteiger partial charge is 0.126 e. The molecule has 0 N–H and O–H groups in total. The number of ether oxygens (including phenoxy) is 1. The van der Waals surface area contributed by atoms with Crippen LogP contribution in [0.15, 0.2) is 17.1 Å². The van der Waals surface area contributed by atoms with E-state index in [4.69, 9.17) is 4.74 Å². The fourth-order valence-corrected chi connectivity index (χ4v) is 2.14. The minimum atomic E-state index is -0.0509. The molecule has 3 aliphatic heterocycles. The Hall–Kier alpha value is -0.630. The van der Waals surface area contributed by atoms with Crippen LogP contribution in [0.25, 0.3) is 0 Å². The molecule has 2 bridgehead atoms. The molecule has 1 fully saturated rings. The fraction of sp³-hybridized carbons (Fsp3) is 0.625. The summed E-state index contributed by atoms with van der Waals surface area (Å²) in [6, 6.07) is 0. The average Bonchev–Trinajstić information content (AvgIpc) is 2.48. The topological polar surface area (TPSA) is 21.6 Å². The van der Waals surface area contributed by atoms with Gasteiger partial charge in [0.05, 0.1) is 6.10 Å². The van der Waals surface area contributed by atoms with Crippen molar-refractivity contribution in [2.45, 2.75) is 18.1 Å². The molecular weight excluding hydrogens is 126 g/mol. The monoisotopic (exact) mass is 135 g/mol. The van der Waals surface area contributed by atoms with Crippen molar-refractivity contribution in [3.63, 3.8) is 0 Å². The van der Waals surface area contributed by atoms with E-state index in [2.05, 4.69) is 17.1 Å². The molecule has 3 unspecified atom stereocenters. The number of nitrogens with zero attached hydrogens (tertiary/aromatic N) is 1. The van der Waals surface area contributed by atoms with Crippen molar-refractivity contribution in [1.29, 1.82) is 0 Å². The lowest BCUT2D eigenvalue weighted by molar-refractivity contribution is 0.0754. The lowest BCUT2D eigenvalue weighted by Crippen LogP contribution is -2.30. The molecule has 10 heavy (non-hydrogen) atoms. The Balaban J connectivity index is 2.14. The highest BCUT2D eigenvalue weighted by molar-refractivity contribution is 5.76. The van der Waals surface area contributed by atoms with Gasteiger partial charge in [-0.25, -0.2) is 0 Å². The highest BCUT2D eigenvalue weighted by Gasteiger charge is 2.51. The molecule has 3 aliphatic rings. The van der Waals surface area contributed by atoms with Crippen molar-refractivity contribution in [2.24, 2.45) is 10.9 Å². The third-order valence-corrected chi connectivity index (χ3v) is 2.70. The summed E-state index contributed by atoms with van der Waals surface area (Å²) in [5, 5.41) is 0. The normalized spacial score (nSPS) is 54.4. The fourth-order valence-electron chi connectivity index (χ4n) is 2.14. The number of hydrogen-bond acceptors (Lipinski definition) is 2. The van der Waals surface area contributed by atoms with Gasteiger partial charge in [0.15, 0.2) is 0 Å². The minimum absolute atomic E-state index is 0.0509. The van der Waals surface area contributed by atoms with Gasteiger partial charge in [0.1, 0.15) is 5.60 Å². The molecule has 0 aromatic heterocycles. The number of aliphatic imine (C=N–C) groups is 1. The van der Waals surface area contributed by atoms with Gasteiger partial charge in [-0.3, -0.25) is 4.99 Å². The quantitative estimate of drug-likeness (QED) is 0.450. The molecule has 0 aliphatic carbocycles. The molecule has 0 amide bonds. The summed E-state index contributed by atoms with van der Waals surface area (Å²) in [6.07, 6.45) is 7.88. The lowest BCUT2D eigenvalue weighted by atomic mass is 9.86. The van der Waals surface area contributed by atoms with Gasteiger partial charge in [-0.15, -0.1) is 0 Å². The molecule has 3 rings (SSSR count). The number of fused-ring (bicyclic) bond motifs is 1. The molecule has 52 valence electrons. The first-order valence-corrected chi connectivity index (χ1v) is 3.77. The van der Waals surface area contributed by atoms with Crippen LogP contribution in [0.5, 0.6) is 0 Å². The molecule has 1 spiro atoms. The van der Waals surface area contributed by atoms with Crippen LogP contribution < -0.4 is 0 Å². The molecule has 0 radical (unpaired) electrons. The summed E-state index contributed by atoms with van der Waals surface area (Å²) in [5.74, 6) is 0.655. The molecule has 3 atom stereocenters. The van der Waals surface area contributed by atoms with E-state index in [1.54, 1.807) is 0 Å². The lowest BCUT2D eigenvalue weighted by Gasteiger charge is -2.18. The Kier molecular flexibility index (Phi) is 0.684. The Labute approximate surface area is 59.6 Å². The van der Waals surface area contributed by atoms with Crippen LogP contribution in [0.4, 0.5) is 0 Å². The zero-order chi connectivity index (χ0) is 6.60. The molecule has 2 nitrogen and oxygen atoms in total. The maximum atomic E-state index is 5.72. The highest BCUT2D eigenvalue weighted by atomic mass is 16.5. The van der Waals surface area contributed by atoms with E-state index < -0.39 is 0 Å². The third-order valence-electron chi connectivity index (χ3n) is 2.70. The van der Waals surface area contributed by atoms with Crippen LogP contribution in [0, 0.1) is 5.92 Å². The van der Waals surface area contributed by atoms with Crippen molar-refractivity contribution in [1.82, 2.24) is 0 Å². The predicted octanol–water partition coefficient (Wildman–Crippen LogP) is 0.784. The summed E-state index contributed by atoms with van der Waals surface area (Å²) >= 11 is 0.